The molecule has 0 saturated heterocycles. The van der Waals surface area contributed by atoms with Gasteiger partial charge < -0.3 is 20.7 Å². The summed E-state index contributed by atoms with van der Waals surface area (Å²) in [6.07, 6.45) is 3.49. The van der Waals surface area contributed by atoms with Crippen molar-refractivity contribution < 1.29 is 9.53 Å². The lowest BCUT2D eigenvalue weighted by molar-refractivity contribution is -0.130. The number of nitrogens with two attached hydrogens (primary N) is 1. The van der Waals surface area contributed by atoms with Crippen molar-refractivity contribution in [2.45, 2.75) is 52.6 Å². The van der Waals surface area contributed by atoms with E-state index in [0.29, 0.717) is 24.3 Å². The number of carbonyl (C=O) groups excluding carboxylic acids is 1. The fourth-order valence-corrected chi connectivity index (χ4v) is 2.39. The second-order valence-corrected chi connectivity index (χ2v) is 7.30. The van der Waals surface area contributed by atoms with Crippen LogP contribution in [0.25, 0.3) is 0 Å². The Labute approximate surface area is 181 Å². The molecule has 0 fully saturated rings. The summed E-state index contributed by atoms with van der Waals surface area (Å²) in [5.41, 5.74) is 6.96. The Kier molecular flexibility index (Phi) is 12.9. The van der Waals surface area contributed by atoms with Gasteiger partial charge in [-0.3, -0.25) is 4.79 Å². The molecule has 0 aliphatic heterocycles. The normalized spacial score (nSPS) is 12.3. The Bertz CT molecular complexity index is 591. The van der Waals surface area contributed by atoms with Crippen molar-refractivity contribution in [1.29, 1.82) is 0 Å². The highest BCUT2D eigenvalue weighted by atomic mass is 127. The molecule has 0 spiro atoms. The van der Waals surface area contributed by atoms with Crippen LogP contribution in [-0.2, 0) is 11.3 Å². The summed E-state index contributed by atoms with van der Waals surface area (Å²) in [7, 11) is 3.41. The lowest BCUT2D eigenvalue weighted by atomic mass is 10.0. The lowest BCUT2D eigenvalue weighted by Crippen LogP contribution is -2.38. The number of nitrogens with zero attached hydrogens (tertiary/aromatic N) is 2. The van der Waals surface area contributed by atoms with E-state index in [2.05, 4.69) is 31.1 Å². The van der Waals surface area contributed by atoms with Crippen molar-refractivity contribution in [2.75, 3.05) is 20.7 Å². The van der Waals surface area contributed by atoms with E-state index in [4.69, 9.17) is 10.5 Å². The molecular weight excluding hydrogens is 455 g/mol. The van der Waals surface area contributed by atoms with Crippen molar-refractivity contribution in [1.82, 2.24) is 10.2 Å². The van der Waals surface area contributed by atoms with Gasteiger partial charge in [0.05, 0.1) is 6.54 Å². The van der Waals surface area contributed by atoms with Crippen molar-refractivity contribution in [3.63, 3.8) is 0 Å². The van der Waals surface area contributed by atoms with Crippen molar-refractivity contribution in [3.8, 4) is 5.75 Å². The first-order valence-electron chi connectivity index (χ1n) is 9.26. The average Bonchev–Trinajstić information content (AvgIpc) is 2.57. The summed E-state index contributed by atoms with van der Waals surface area (Å²) >= 11 is 0. The largest absolute Gasteiger partial charge is 0.484 e. The maximum Gasteiger partial charge on any atom is 0.259 e. The quantitative estimate of drug-likeness (QED) is 0.300. The first-order chi connectivity index (χ1) is 12.3. The first kappa shape index (κ1) is 25.5. The van der Waals surface area contributed by atoms with Gasteiger partial charge in [-0.1, -0.05) is 38.8 Å². The molecule has 0 bridgehead atoms. The molecule has 0 heterocycles. The first-order valence-corrected chi connectivity index (χ1v) is 9.26. The van der Waals surface area contributed by atoms with Crippen LogP contribution >= 0.6 is 24.0 Å². The SMILES string of the molecule is CC(C)CCCC(C)NC(N)=NCc1cccc(OCC(=O)N(C)C)c1.I. The zero-order valence-electron chi connectivity index (χ0n) is 17.2. The number of ether oxygens (including phenoxy) is 1. The van der Waals surface area contributed by atoms with E-state index in [0.717, 1.165) is 17.9 Å². The topological polar surface area (TPSA) is 80.0 Å². The van der Waals surface area contributed by atoms with Crippen molar-refractivity contribution in [2.24, 2.45) is 16.6 Å². The average molecular weight is 490 g/mol. The molecule has 7 heteroatoms. The number of aliphatic imine (C=N–C) groups is 1. The van der Waals surface area contributed by atoms with E-state index in [-0.39, 0.29) is 36.5 Å². The van der Waals surface area contributed by atoms with Gasteiger partial charge in [0.2, 0.25) is 0 Å². The second-order valence-electron chi connectivity index (χ2n) is 7.30. The van der Waals surface area contributed by atoms with Crippen LogP contribution in [0.4, 0.5) is 0 Å². The van der Waals surface area contributed by atoms with Crippen LogP contribution in [0.5, 0.6) is 5.75 Å². The number of rotatable bonds is 10. The smallest absolute Gasteiger partial charge is 0.259 e. The van der Waals surface area contributed by atoms with Crippen molar-refractivity contribution in [3.05, 3.63) is 29.8 Å². The van der Waals surface area contributed by atoms with Gasteiger partial charge in [0.1, 0.15) is 5.75 Å². The fourth-order valence-electron chi connectivity index (χ4n) is 2.39. The van der Waals surface area contributed by atoms with E-state index < -0.39 is 0 Å². The maximum absolute atomic E-state index is 11.6. The van der Waals surface area contributed by atoms with E-state index in [1.807, 2.05) is 24.3 Å². The molecule has 0 saturated carbocycles. The minimum atomic E-state index is -0.0756. The van der Waals surface area contributed by atoms with Gasteiger partial charge in [0, 0.05) is 20.1 Å². The van der Waals surface area contributed by atoms with Crippen LogP contribution in [-0.4, -0.2) is 43.5 Å². The summed E-state index contributed by atoms with van der Waals surface area (Å²) in [4.78, 5) is 17.5. The molecule has 1 aromatic carbocycles. The highest BCUT2D eigenvalue weighted by Crippen LogP contribution is 2.14. The van der Waals surface area contributed by atoms with Crippen molar-refractivity contribution >= 4 is 35.8 Å². The van der Waals surface area contributed by atoms with Crippen LogP contribution in [0.15, 0.2) is 29.3 Å². The predicted molar refractivity (Wildman–Crippen MR) is 123 cm³/mol. The number of guanidine groups is 1. The van der Waals surface area contributed by atoms with Gasteiger partial charge in [0.25, 0.3) is 5.91 Å². The third-order valence-electron chi connectivity index (χ3n) is 4.00. The number of benzene rings is 1. The van der Waals surface area contributed by atoms with Crippen LogP contribution < -0.4 is 15.8 Å². The molecule has 154 valence electrons. The summed E-state index contributed by atoms with van der Waals surface area (Å²) in [5, 5.41) is 3.24. The molecule has 0 aromatic heterocycles. The molecule has 6 nitrogen and oxygen atoms in total. The summed E-state index contributed by atoms with van der Waals surface area (Å²) in [6, 6.07) is 7.87. The fraction of sp³-hybridized carbons (Fsp3) is 0.600. The molecule has 27 heavy (non-hydrogen) atoms. The molecular formula is C20H35IN4O2. The maximum atomic E-state index is 11.6. The van der Waals surface area contributed by atoms with Gasteiger partial charge in [0.15, 0.2) is 12.6 Å². The molecule has 1 atom stereocenters. The highest BCUT2D eigenvalue weighted by molar-refractivity contribution is 14.0. The molecule has 1 unspecified atom stereocenters. The van der Waals surface area contributed by atoms with Gasteiger partial charge in [-0.15, -0.1) is 24.0 Å². The highest BCUT2D eigenvalue weighted by Gasteiger charge is 2.06. The Morgan fingerprint density at radius 3 is 2.59 bits per heavy atom. The number of amides is 1. The summed E-state index contributed by atoms with van der Waals surface area (Å²) in [6.45, 7) is 7.09. The molecule has 1 aromatic rings. The van der Waals surface area contributed by atoms with Crippen LogP contribution in [0.3, 0.4) is 0 Å². The van der Waals surface area contributed by atoms with Gasteiger partial charge in [-0.05, 0) is 37.0 Å². The van der Waals surface area contributed by atoms with Gasteiger partial charge >= 0.3 is 0 Å². The molecule has 1 rings (SSSR count). The zero-order chi connectivity index (χ0) is 19.5. The molecule has 3 N–H and O–H groups in total. The number of likely N-dealkylation sites (N-methyl/N-ethyl adjacent to an activating group) is 1. The Morgan fingerprint density at radius 2 is 1.96 bits per heavy atom. The van der Waals surface area contributed by atoms with E-state index in [9.17, 15) is 4.79 Å². The van der Waals surface area contributed by atoms with Crippen LogP contribution in [0.1, 0.15) is 45.6 Å². The number of nitrogens with one attached hydrogen (secondary N) is 1. The minimum Gasteiger partial charge on any atom is -0.484 e. The Balaban J connectivity index is 0.00000676. The Morgan fingerprint density at radius 1 is 1.26 bits per heavy atom. The minimum absolute atomic E-state index is 0. The van der Waals surface area contributed by atoms with E-state index in [1.165, 1.54) is 17.7 Å². The van der Waals surface area contributed by atoms with Crippen LogP contribution in [0, 0.1) is 5.92 Å². The monoisotopic (exact) mass is 490 g/mol. The van der Waals surface area contributed by atoms with E-state index >= 15 is 0 Å². The summed E-state index contributed by atoms with van der Waals surface area (Å²) < 4.78 is 5.52. The molecule has 0 radical (unpaired) electrons. The standard InChI is InChI=1S/C20H34N4O2.HI/c1-15(2)8-6-9-16(3)23-20(21)22-13-17-10-7-11-18(12-17)26-14-19(25)24(4)5;/h7,10-12,15-16H,6,8-9,13-14H2,1-5H3,(H3,21,22,23);1H. The van der Waals surface area contributed by atoms with Crippen LogP contribution in [0.2, 0.25) is 0 Å². The third kappa shape index (κ3) is 11.7. The van der Waals surface area contributed by atoms with Gasteiger partial charge in [-0.2, -0.15) is 0 Å². The number of carbonyl (C=O) groups is 1. The number of hydrogen-bond acceptors (Lipinski definition) is 3. The third-order valence-corrected chi connectivity index (χ3v) is 4.00. The summed E-state index contributed by atoms with van der Waals surface area (Å²) in [5.74, 6) is 1.77. The Hall–Kier alpha value is -1.51. The van der Waals surface area contributed by atoms with Gasteiger partial charge in [-0.25, -0.2) is 4.99 Å². The molecule has 1 amide bonds. The number of hydrogen-bond donors (Lipinski definition) is 2. The molecule has 0 aliphatic carbocycles. The zero-order valence-corrected chi connectivity index (χ0v) is 19.5. The van der Waals surface area contributed by atoms with E-state index in [1.54, 1.807) is 14.1 Å². The lowest BCUT2D eigenvalue weighted by Gasteiger charge is -2.15. The predicted octanol–water partition coefficient (Wildman–Crippen LogP) is 3.39. The second kappa shape index (κ2) is 13.6. The molecule has 0 aliphatic rings. The number of halogens is 1.